The van der Waals surface area contributed by atoms with E-state index in [1.807, 2.05) is 6.92 Å². The van der Waals surface area contributed by atoms with E-state index in [2.05, 4.69) is 9.15 Å². The molecule has 0 bridgehead atoms. The zero-order valence-electron chi connectivity index (χ0n) is 9.33. The molecule has 0 aliphatic carbocycles. The van der Waals surface area contributed by atoms with Crippen molar-refractivity contribution in [3.63, 3.8) is 0 Å². The Morgan fingerprint density at radius 1 is 1.06 bits per heavy atom. The first kappa shape index (κ1) is 18.5. The molecule has 0 fully saturated rings. The first-order chi connectivity index (χ1) is 7.30. The fourth-order valence-electron chi connectivity index (χ4n) is 0.597. The Bertz CT molecular complexity index is 140. The molecule has 16 heavy (non-hydrogen) atoms. The van der Waals surface area contributed by atoms with Crippen LogP contribution in [0, 0.1) is 5.41 Å². The van der Waals surface area contributed by atoms with E-state index in [1.54, 1.807) is 0 Å². The fourth-order valence-corrected chi connectivity index (χ4v) is 1.49. The normalized spacial score (nSPS) is 12.2. The summed E-state index contributed by atoms with van der Waals surface area (Å²) >= 11 is 0. The van der Waals surface area contributed by atoms with Crippen LogP contribution < -0.4 is 0 Å². The molecule has 0 rings (SSSR count). The SMILES string of the molecule is CCC(CO)(CO)CO.O[Si](O)(O)OO[SiH3]. The summed E-state index contributed by atoms with van der Waals surface area (Å²) < 4.78 is 7.45. The van der Waals surface area contributed by atoms with Crippen LogP contribution in [0.1, 0.15) is 13.3 Å². The van der Waals surface area contributed by atoms with Gasteiger partial charge in [-0.3, -0.25) is 0 Å². The van der Waals surface area contributed by atoms with Crippen molar-refractivity contribution >= 4 is 19.5 Å². The molecule has 0 aromatic rings. The summed E-state index contributed by atoms with van der Waals surface area (Å²) in [6, 6.07) is 0. The Morgan fingerprint density at radius 3 is 1.44 bits per heavy atom. The maximum Gasteiger partial charge on any atom is 0.698 e. The van der Waals surface area contributed by atoms with Gasteiger partial charge in [0.1, 0.15) is 0 Å². The van der Waals surface area contributed by atoms with Crippen LogP contribution in [0.3, 0.4) is 0 Å². The van der Waals surface area contributed by atoms with E-state index in [0.29, 0.717) is 6.42 Å². The number of aliphatic hydroxyl groups excluding tert-OH is 3. The van der Waals surface area contributed by atoms with Gasteiger partial charge in [-0.1, -0.05) is 6.92 Å². The van der Waals surface area contributed by atoms with Crippen LogP contribution in [-0.2, 0) is 9.15 Å². The average molecular weight is 276 g/mol. The van der Waals surface area contributed by atoms with Gasteiger partial charge < -0.3 is 34.3 Å². The minimum absolute atomic E-state index is 0.156. The molecule has 0 aromatic carbocycles. The lowest BCUT2D eigenvalue weighted by Crippen LogP contribution is -2.38. The predicted molar refractivity (Wildman–Crippen MR) is 58.5 cm³/mol. The molecule has 6 N–H and O–H groups in total. The first-order valence-corrected chi connectivity index (χ1v) is 7.09. The molecule has 0 heterocycles. The third kappa shape index (κ3) is 9.35. The third-order valence-electron chi connectivity index (χ3n) is 1.95. The molecule has 0 aromatic heterocycles. The predicted octanol–water partition coefficient (Wildman–Crippen LogP) is -4.01. The van der Waals surface area contributed by atoms with E-state index >= 15 is 0 Å². The van der Waals surface area contributed by atoms with Gasteiger partial charge in [0, 0.05) is 5.41 Å². The lowest BCUT2D eigenvalue weighted by atomic mass is 9.88. The van der Waals surface area contributed by atoms with E-state index in [1.165, 1.54) is 0 Å². The summed E-state index contributed by atoms with van der Waals surface area (Å²) in [6.45, 7) is 1.35. The topological polar surface area (TPSA) is 140 Å². The van der Waals surface area contributed by atoms with Crippen LogP contribution in [0.15, 0.2) is 0 Å². The second-order valence-corrected chi connectivity index (χ2v) is 4.80. The highest BCUT2D eigenvalue weighted by atomic mass is 28.4. The van der Waals surface area contributed by atoms with Gasteiger partial charge in [0.15, 0.2) is 10.5 Å². The minimum atomic E-state index is -4.34. The van der Waals surface area contributed by atoms with E-state index in [-0.39, 0.29) is 30.3 Å². The number of hydrogen-bond acceptors (Lipinski definition) is 8. The lowest BCUT2D eigenvalue weighted by Gasteiger charge is -2.24. The highest BCUT2D eigenvalue weighted by Gasteiger charge is 2.31. The average Bonchev–Trinajstić information content (AvgIpc) is 2.21. The second kappa shape index (κ2) is 9.18. The molecular weight excluding hydrogens is 256 g/mol. The lowest BCUT2D eigenvalue weighted by molar-refractivity contribution is -0.173. The Morgan fingerprint density at radius 2 is 1.44 bits per heavy atom. The van der Waals surface area contributed by atoms with Gasteiger partial charge >= 0.3 is 9.05 Å². The molecule has 0 aliphatic heterocycles. The number of rotatable bonds is 6. The Balaban J connectivity index is 0. The standard InChI is InChI=1S/C6H14O3.H6O5Si2/c1-2-6(3-7,4-8)5-9;1-7(2,3)5-4-6/h7-9H,2-5H2,1H3;1-3H,6H3. The molecule has 8 nitrogen and oxygen atoms in total. The number of aliphatic hydroxyl groups is 3. The molecule has 0 radical (unpaired) electrons. The van der Waals surface area contributed by atoms with Gasteiger partial charge in [-0.05, 0) is 6.42 Å². The van der Waals surface area contributed by atoms with E-state index in [0.717, 1.165) is 0 Å². The fraction of sp³-hybridized carbons (Fsp3) is 1.00. The zero-order valence-corrected chi connectivity index (χ0v) is 12.3. The largest absolute Gasteiger partial charge is 0.698 e. The van der Waals surface area contributed by atoms with E-state index < -0.39 is 14.5 Å². The summed E-state index contributed by atoms with van der Waals surface area (Å²) in [4.78, 5) is 23.8. The summed E-state index contributed by atoms with van der Waals surface area (Å²) in [7, 11) is -4.14. The third-order valence-corrected chi connectivity index (χ3v) is 2.84. The van der Waals surface area contributed by atoms with Gasteiger partial charge in [0.25, 0.3) is 0 Å². The Kier molecular flexibility index (Phi) is 10.6. The van der Waals surface area contributed by atoms with E-state index in [9.17, 15) is 0 Å². The molecule has 0 saturated heterocycles. The quantitative estimate of drug-likeness (QED) is 0.164. The molecule has 100 valence electrons. The van der Waals surface area contributed by atoms with Gasteiger partial charge in [0.2, 0.25) is 0 Å². The van der Waals surface area contributed by atoms with Gasteiger partial charge in [-0.2, -0.15) is 0 Å². The summed E-state index contributed by atoms with van der Waals surface area (Å²) in [5.74, 6) is 0. The summed E-state index contributed by atoms with van der Waals surface area (Å²) in [5.41, 5.74) is -0.667. The van der Waals surface area contributed by atoms with Crippen LogP contribution in [0.4, 0.5) is 0 Å². The van der Waals surface area contributed by atoms with Crippen molar-refractivity contribution in [2.45, 2.75) is 13.3 Å². The van der Waals surface area contributed by atoms with Gasteiger partial charge in [-0.15, -0.1) is 0 Å². The maximum absolute atomic E-state index is 8.66. The summed E-state index contributed by atoms with van der Waals surface area (Å²) in [6.07, 6.45) is 0.594. The monoisotopic (exact) mass is 276 g/mol. The van der Waals surface area contributed by atoms with Crippen molar-refractivity contribution in [1.29, 1.82) is 0 Å². The highest BCUT2D eigenvalue weighted by molar-refractivity contribution is 6.48. The van der Waals surface area contributed by atoms with Crippen molar-refractivity contribution in [1.82, 2.24) is 0 Å². The molecule has 0 aliphatic rings. The molecule has 0 spiro atoms. The smallest absolute Gasteiger partial charge is 0.396 e. The molecular formula is C6H20O8Si2. The second-order valence-electron chi connectivity index (χ2n) is 3.15. The van der Waals surface area contributed by atoms with Crippen LogP contribution in [0.2, 0.25) is 0 Å². The first-order valence-electron chi connectivity index (χ1n) is 4.52. The number of hydrogen-bond donors (Lipinski definition) is 6. The van der Waals surface area contributed by atoms with Crippen LogP contribution >= 0.6 is 0 Å². The van der Waals surface area contributed by atoms with Crippen molar-refractivity contribution < 1.29 is 38.9 Å². The van der Waals surface area contributed by atoms with Crippen LogP contribution in [-0.4, -0.2) is 69.1 Å². The zero-order chi connectivity index (χ0) is 13.2. The van der Waals surface area contributed by atoms with Crippen molar-refractivity contribution in [3.8, 4) is 0 Å². The molecule has 0 unspecified atom stereocenters. The van der Waals surface area contributed by atoms with Gasteiger partial charge in [0.05, 0.1) is 19.8 Å². The van der Waals surface area contributed by atoms with E-state index in [4.69, 9.17) is 29.7 Å². The molecule has 0 atom stereocenters. The maximum atomic E-state index is 8.66. The van der Waals surface area contributed by atoms with Gasteiger partial charge in [-0.25, -0.2) is 4.58 Å². The summed E-state index contributed by atoms with van der Waals surface area (Å²) in [5, 5.41) is 26.0. The minimum Gasteiger partial charge on any atom is -0.396 e. The van der Waals surface area contributed by atoms with Crippen LogP contribution in [0.5, 0.6) is 0 Å². The van der Waals surface area contributed by atoms with Crippen molar-refractivity contribution in [3.05, 3.63) is 0 Å². The van der Waals surface area contributed by atoms with Crippen LogP contribution in [0.25, 0.3) is 0 Å². The molecule has 10 heteroatoms. The highest BCUT2D eigenvalue weighted by Crippen LogP contribution is 2.18. The molecule has 0 saturated carbocycles. The Labute approximate surface area is 97.7 Å². The van der Waals surface area contributed by atoms with Crippen molar-refractivity contribution in [2.24, 2.45) is 5.41 Å². The van der Waals surface area contributed by atoms with Crippen molar-refractivity contribution in [2.75, 3.05) is 19.8 Å². The molecule has 0 amide bonds. The Hall–Kier alpha value is 0.114.